The lowest BCUT2D eigenvalue weighted by Crippen LogP contribution is -2.18. The zero-order valence-corrected chi connectivity index (χ0v) is 8.37. The maximum absolute atomic E-state index is 10.8. The molecule has 0 aromatic carbocycles. The second-order valence-electron chi connectivity index (χ2n) is 3.03. The van der Waals surface area contributed by atoms with E-state index in [9.17, 15) is 9.90 Å². The minimum Gasteiger partial charge on any atom is -0.510 e. The van der Waals surface area contributed by atoms with E-state index in [-0.39, 0.29) is 5.57 Å². The Hall–Kier alpha value is -1.55. The van der Waals surface area contributed by atoms with Gasteiger partial charge in [0.2, 0.25) is 5.91 Å². The SMILES string of the molecule is C=C(O)C(O)C(=C)C(C)=C(C)C(N)=O. The lowest BCUT2D eigenvalue weighted by Gasteiger charge is -2.14. The first kappa shape index (κ1) is 12.4. The van der Waals surface area contributed by atoms with Gasteiger partial charge >= 0.3 is 0 Å². The normalized spacial score (nSPS) is 14.2. The lowest BCUT2D eigenvalue weighted by atomic mass is 9.98. The Balaban J connectivity index is 4.97. The summed E-state index contributed by atoms with van der Waals surface area (Å²) in [5.41, 5.74) is 6.02. The largest absolute Gasteiger partial charge is 0.510 e. The molecule has 4 nitrogen and oxygen atoms in total. The molecule has 4 N–H and O–H groups in total. The third-order valence-corrected chi connectivity index (χ3v) is 2.06. The number of hydrogen-bond acceptors (Lipinski definition) is 3. The fourth-order valence-electron chi connectivity index (χ4n) is 0.832. The first-order valence-corrected chi connectivity index (χ1v) is 4.01. The summed E-state index contributed by atoms with van der Waals surface area (Å²) in [6.45, 7) is 9.83. The molecule has 0 saturated heterocycles. The van der Waals surface area contributed by atoms with E-state index in [0.29, 0.717) is 11.1 Å². The van der Waals surface area contributed by atoms with Gasteiger partial charge < -0.3 is 15.9 Å². The van der Waals surface area contributed by atoms with Crippen LogP contribution in [0.3, 0.4) is 0 Å². The summed E-state index contributed by atoms with van der Waals surface area (Å²) in [6, 6.07) is 0. The second-order valence-corrected chi connectivity index (χ2v) is 3.03. The van der Waals surface area contributed by atoms with Crippen LogP contribution >= 0.6 is 0 Å². The van der Waals surface area contributed by atoms with E-state index in [1.54, 1.807) is 6.92 Å². The van der Waals surface area contributed by atoms with Crippen molar-refractivity contribution in [3.05, 3.63) is 35.6 Å². The highest BCUT2D eigenvalue weighted by Crippen LogP contribution is 2.18. The van der Waals surface area contributed by atoms with Crippen molar-refractivity contribution in [2.24, 2.45) is 5.73 Å². The minimum absolute atomic E-state index is 0.216. The van der Waals surface area contributed by atoms with Crippen molar-refractivity contribution in [3.63, 3.8) is 0 Å². The van der Waals surface area contributed by atoms with Gasteiger partial charge in [-0.25, -0.2) is 0 Å². The molecule has 0 heterocycles. The minimum atomic E-state index is -1.26. The number of hydrogen-bond donors (Lipinski definition) is 3. The Bertz CT molecular complexity index is 315. The molecule has 0 aromatic rings. The molecule has 1 atom stereocenters. The number of nitrogens with two attached hydrogens (primary N) is 1. The van der Waals surface area contributed by atoms with Gasteiger partial charge in [-0.05, 0) is 25.0 Å². The molecule has 1 unspecified atom stereocenters. The van der Waals surface area contributed by atoms with Crippen LogP contribution in [-0.4, -0.2) is 22.2 Å². The van der Waals surface area contributed by atoms with Gasteiger partial charge in [0.15, 0.2) is 0 Å². The van der Waals surface area contributed by atoms with Gasteiger partial charge in [0.25, 0.3) is 0 Å². The van der Waals surface area contributed by atoms with Gasteiger partial charge in [0.1, 0.15) is 11.9 Å². The number of primary amides is 1. The lowest BCUT2D eigenvalue weighted by molar-refractivity contribution is -0.114. The summed E-state index contributed by atoms with van der Waals surface area (Å²) >= 11 is 0. The molecule has 0 radical (unpaired) electrons. The molecule has 0 spiro atoms. The number of aliphatic hydroxyl groups is 2. The van der Waals surface area contributed by atoms with Crippen molar-refractivity contribution in [2.45, 2.75) is 20.0 Å². The first-order chi connectivity index (χ1) is 6.29. The molecule has 0 rings (SSSR count). The molecule has 1 amide bonds. The van der Waals surface area contributed by atoms with Crippen molar-refractivity contribution >= 4 is 5.91 Å². The smallest absolute Gasteiger partial charge is 0.244 e. The predicted octanol–water partition coefficient (Wildman–Crippen LogP) is 0.797. The summed E-state index contributed by atoms with van der Waals surface area (Å²) in [5, 5.41) is 18.3. The van der Waals surface area contributed by atoms with Gasteiger partial charge in [-0.2, -0.15) is 0 Å². The monoisotopic (exact) mass is 197 g/mol. The maximum atomic E-state index is 10.8. The summed E-state index contributed by atoms with van der Waals surface area (Å²) in [7, 11) is 0. The van der Waals surface area contributed by atoms with E-state index >= 15 is 0 Å². The summed E-state index contributed by atoms with van der Waals surface area (Å²) < 4.78 is 0. The Morgan fingerprint density at radius 2 is 1.71 bits per heavy atom. The quantitative estimate of drug-likeness (QED) is 0.354. The first-order valence-electron chi connectivity index (χ1n) is 4.01. The van der Waals surface area contributed by atoms with Crippen molar-refractivity contribution in [3.8, 4) is 0 Å². The standard InChI is InChI=1S/C10H15NO3/c1-5(7(3)10(11)14)6(2)9(13)8(4)12/h9,12-13H,2,4H2,1,3H3,(H2,11,14). The van der Waals surface area contributed by atoms with Crippen LogP contribution in [0.1, 0.15) is 13.8 Å². The molecule has 0 saturated carbocycles. The van der Waals surface area contributed by atoms with Gasteiger partial charge in [-0.15, -0.1) is 0 Å². The van der Waals surface area contributed by atoms with Crippen LogP contribution in [0, 0.1) is 0 Å². The van der Waals surface area contributed by atoms with Crippen LogP contribution in [0.15, 0.2) is 35.6 Å². The fourth-order valence-corrected chi connectivity index (χ4v) is 0.832. The molecule has 0 aliphatic carbocycles. The molecule has 0 aromatic heterocycles. The average molecular weight is 197 g/mol. The second kappa shape index (κ2) is 4.62. The van der Waals surface area contributed by atoms with Crippen molar-refractivity contribution < 1.29 is 15.0 Å². The molecule has 4 heteroatoms. The molecular formula is C10H15NO3. The van der Waals surface area contributed by atoms with Crippen molar-refractivity contribution in [2.75, 3.05) is 0 Å². The van der Waals surface area contributed by atoms with E-state index in [0.717, 1.165) is 0 Å². The van der Waals surface area contributed by atoms with Crippen molar-refractivity contribution in [1.82, 2.24) is 0 Å². The molecule has 0 aliphatic heterocycles. The summed E-state index contributed by atoms with van der Waals surface area (Å²) in [6.07, 6.45) is -1.26. The van der Waals surface area contributed by atoms with Crippen LogP contribution in [-0.2, 0) is 4.79 Å². The zero-order valence-electron chi connectivity index (χ0n) is 8.37. The predicted molar refractivity (Wildman–Crippen MR) is 54.5 cm³/mol. The number of rotatable bonds is 4. The van der Waals surface area contributed by atoms with E-state index in [1.807, 2.05) is 0 Å². The summed E-state index contributed by atoms with van der Waals surface area (Å²) in [4.78, 5) is 10.8. The van der Waals surface area contributed by atoms with Crippen LogP contribution < -0.4 is 5.73 Å². The van der Waals surface area contributed by atoms with Gasteiger partial charge in [0.05, 0.1) is 0 Å². The molecule has 0 aliphatic rings. The third-order valence-electron chi connectivity index (χ3n) is 2.06. The highest BCUT2D eigenvalue weighted by molar-refractivity contribution is 5.92. The Morgan fingerprint density at radius 3 is 2.00 bits per heavy atom. The molecule has 0 fully saturated rings. The van der Waals surface area contributed by atoms with Crippen molar-refractivity contribution in [1.29, 1.82) is 0 Å². The van der Waals surface area contributed by atoms with E-state index in [2.05, 4.69) is 13.2 Å². The number of aliphatic hydroxyl groups excluding tert-OH is 2. The van der Waals surface area contributed by atoms with E-state index in [4.69, 9.17) is 10.8 Å². The van der Waals surface area contributed by atoms with Gasteiger partial charge in [-0.1, -0.05) is 13.2 Å². The van der Waals surface area contributed by atoms with E-state index in [1.165, 1.54) is 6.92 Å². The van der Waals surface area contributed by atoms with Gasteiger partial charge in [-0.3, -0.25) is 4.79 Å². The van der Waals surface area contributed by atoms with Gasteiger partial charge in [0, 0.05) is 5.57 Å². The van der Waals surface area contributed by atoms with Crippen LogP contribution in [0.2, 0.25) is 0 Å². The van der Waals surface area contributed by atoms with E-state index < -0.39 is 17.8 Å². The Morgan fingerprint density at radius 1 is 1.29 bits per heavy atom. The Labute approximate surface area is 83.0 Å². The fraction of sp³-hybridized carbons (Fsp3) is 0.300. The molecule has 14 heavy (non-hydrogen) atoms. The molecule has 0 bridgehead atoms. The van der Waals surface area contributed by atoms with Crippen LogP contribution in [0.25, 0.3) is 0 Å². The summed E-state index contributed by atoms with van der Waals surface area (Å²) in [5.74, 6) is -0.994. The molecule has 78 valence electrons. The number of carbonyl (C=O) groups is 1. The highest BCUT2D eigenvalue weighted by atomic mass is 16.3. The maximum Gasteiger partial charge on any atom is 0.244 e. The number of amides is 1. The Kier molecular flexibility index (Phi) is 4.11. The van der Waals surface area contributed by atoms with Crippen LogP contribution in [0.4, 0.5) is 0 Å². The molecular weight excluding hydrogens is 182 g/mol. The van der Waals surface area contributed by atoms with Crippen LogP contribution in [0.5, 0.6) is 0 Å². The number of carbonyl (C=O) groups excluding carboxylic acids is 1. The zero-order chi connectivity index (χ0) is 11.5. The third kappa shape index (κ3) is 2.74. The average Bonchev–Trinajstić information content (AvgIpc) is 2.12. The topological polar surface area (TPSA) is 83.6 Å². The highest BCUT2D eigenvalue weighted by Gasteiger charge is 2.16.